The van der Waals surface area contributed by atoms with Gasteiger partial charge >= 0.3 is 5.97 Å². The number of aliphatic imine (C=N–C) groups is 1. The van der Waals surface area contributed by atoms with E-state index in [9.17, 15) is 19.5 Å². The summed E-state index contributed by atoms with van der Waals surface area (Å²) in [6.45, 7) is 2.02. The Balaban J connectivity index is 1.74. The molecule has 2 amide bonds. The molecule has 0 saturated heterocycles. The maximum atomic E-state index is 14.0. The molecule has 4 rings (SSSR count). The number of carboxylic acids is 1. The summed E-state index contributed by atoms with van der Waals surface area (Å²) in [5.74, 6) is -2.14. The first kappa shape index (κ1) is 29.1. The topological polar surface area (TPSA) is 152 Å². The average molecular weight is 558 g/mol. The minimum Gasteiger partial charge on any atom is -0.494 e. The molecule has 0 bridgehead atoms. The number of ether oxygens (including phenoxy) is 1. The number of carboxylic acid groups (broad SMARTS) is 1. The third-order valence-electron chi connectivity index (χ3n) is 6.86. The predicted octanol–water partition coefficient (Wildman–Crippen LogP) is 3.42. The smallest absolute Gasteiger partial charge is 0.308 e. The first-order valence-corrected chi connectivity index (χ1v) is 13.5. The van der Waals surface area contributed by atoms with Gasteiger partial charge in [-0.05, 0) is 42.2 Å². The number of unbranched alkanes of at least 4 members (excludes halogenated alkanes) is 1. The second kappa shape index (κ2) is 13.5. The Morgan fingerprint density at radius 3 is 2.20 bits per heavy atom. The molecule has 0 spiro atoms. The lowest BCUT2D eigenvalue weighted by Crippen LogP contribution is -2.43. The molecule has 0 saturated carbocycles. The fourth-order valence-corrected chi connectivity index (χ4v) is 4.81. The van der Waals surface area contributed by atoms with E-state index in [0.717, 1.165) is 17.5 Å². The summed E-state index contributed by atoms with van der Waals surface area (Å²) >= 11 is 0. The van der Waals surface area contributed by atoms with Crippen LogP contribution in [0.4, 0.5) is 5.69 Å². The van der Waals surface area contributed by atoms with Crippen LogP contribution in [0.5, 0.6) is 5.75 Å². The zero-order valence-electron chi connectivity index (χ0n) is 23.0. The van der Waals surface area contributed by atoms with Gasteiger partial charge in [0.05, 0.1) is 29.8 Å². The van der Waals surface area contributed by atoms with E-state index in [1.54, 1.807) is 23.1 Å². The molecular weight excluding hydrogens is 522 g/mol. The van der Waals surface area contributed by atoms with Crippen LogP contribution < -0.4 is 21.1 Å². The van der Waals surface area contributed by atoms with Gasteiger partial charge in [-0.3, -0.25) is 24.3 Å². The van der Waals surface area contributed by atoms with Gasteiger partial charge in [-0.25, -0.2) is 0 Å². The number of amides is 2. The fourth-order valence-electron chi connectivity index (χ4n) is 4.81. The summed E-state index contributed by atoms with van der Waals surface area (Å²) in [6, 6.07) is 23.8. The second-order valence-electron chi connectivity index (χ2n) is 9.95. The molecule has 1 heterocycles. The SMILES string of the molecule is CC(CN1CC(=O)N(C(c2ccccc2)c2ccccc2)c2ccc(OCCCCN=C(N)N)cc2C1=O)C(=O)O. The summed E-state index contributed by atoms with van der Waals surface area (Å²) in [5.41, 5.74) is 13.2. The molecule has 1 atom stereocenters. The Morgan fingerprint density at radius 1 is 0.976 bits per heavy atom. The fraction of sp³-hybridized carbons (Fsp3) is 0.290. The Morgan fingerprint density at radius 2 is 1.61 bits per heavy atom. The van der Waals surface area contributed by atoms with Crippen LogP contribution in [0, 0.1) is 5.92 Å². The van der Waals surface area contributed by atoms with Gasteiger partial charge in [-0.15, -0.1) is 0 Å². The molecule has 1 aliphatic rings. The summed E-state index contributed by atoms with van der Waals surface area (Å²) in [4.78, 5) is 46.4. The summed E-state index contributed by atoms with van der Waals surface area (Å²) in [7, 11) is 0. The first-order chi connectivity index (χ1) is 19.8. The number of guanidine groups is 1. The van der Waals surface area contributed by atoms with Gasteiger partial charge in [0.2, 0.25) is 5.91 Å². The van der Waals surface area contributed by atoms with E-state index in [4.69, 9.17) is 16.2 Å². The Bertz CT molecular complexity index is 1350. The molecule has 10 heteroatoms. The van der Waals surface area contributed by atoms with E-state index in [1.807, 2.05) is 60.7 Å². The van der Waals surface area contributed by atoms with Gasteiger partial charge in [0.15, 0.2) is 5.96 Å². The Hall–Kier alpha value is -4.86. The molecule has 41 heavy (non-hydrogen) atoms. The van der Waals surface area contributed by atoms with E-state index in [1.165, 1.54) is 11.8 Å². The highest BCUT2D eigenvalue weighted by atomic mass is 16.5. The molecular formula is C31H35N5O5. The van der Waals surface area contributed by atoms with E-state index in [-0.39, 0.29) is 30.5 Å². The van der Waals surface area contributed by atoms with Gasteiger partial charge in [-0.1, -0.05) is 67.6 Å². The zero-order valence-corrected chi connectivity index (χ0v) is 23.0. The predicted molar refractivity (Wildman–Crippen MR) is 157 cm³/mol. The van der Waals surface area contributed by atoms with Gasteiger partial charge < -0.3 is 26.2 Å². The highest BCUT2D eigenvalue weighted by Crippen LogP contribution is 2.38. The highest BCUT2D eigenvalue weighted by Gasteiger charge is 2.37. The van der Waals surface area contributed by atoms with Gasteiger partial charge in [-0.2, -0.15) is 0 Å². The largest absolute Gasteiger partial charge is 0.494 e. The van der Waals surface area contributed by atoms with Crippen LogP contribution in [0.25, 0.3) is 0 Å². The number of nitrogens with zero attached hydrogens (tertiary/aromatic N) is 3. The molecule has 214 valence electrons. The van der Waals surface area contributed by atoms with Crippen LogP contribution in [0.2, 0.25) is 0 Å². The molecule has 3 aromatic carbocycles. The van der Waals surface area contributed by atoms with Crippen LogP contribution in [0.15, 0.2) is 83.9 Å². The zero-order chi connectivity index (χ0) is 29.4. The van der Waals surface area contributed by atoms with Crippen LogP contribution in [-0.2, 0) is 9.59 Å². The Kier molecular flexibility index (Phi) is 9.57. The number of rotatable bonds is 12. The van der Waals surface area contributed by atoms with Crippen LogP contribution in [-0.4, -0.2) is 60.0 Å². The lowest BCUT2D eigenvalue weighted by molar-refractivity contribution is -0.141. The van der Waals surface area contributed by atoms with Crippen molar-refractivity contribution in [2.75, 3.05) is 31.1 Å². The van der Waals surface area contributed by atoms with E-state index < -0.39 is 23.8 Å². The van der Waals surface area contributed by atoms with Crippen LogP contribution in [0.3, 0.4) is 0 Å². The van der Waals surface area contributed by atoms with E-state index in [0.29, 0.717) is 31.0 Å². The standard InChI is InChI=1S/C31H35N5O5/c1-21(30(39)40)19-35-20-27(37)36(28(22-10-4-2-5-11-22)23-12-6-3-7-13-23)26-15-14-24(18-25(26)29(35)38)41-17-9-8-16-34-31(32)33/h2-7,10-15,18,21,28H,8-9,16-17,19-20H2,1H3,(H,39,40)(H4,32,33,34). The quantitative estimate of drug-likeness (QED) is 0.175. The third-order valence-corrected chi connectivity index (χ3v) is 6.86. The van der Waals surface area contributed by atoms with Crippen molar-refractivity contribution < 1.29 is 24.2 Å². The summed E-state index contributed by atoms with van der Waals surface area (Å²) in [5, 5.41) is 9.53. The number of carbonyl (C=O) groups is 3. The minimum absolute atomic E-state index is 0.0420. The molecule has 0 aliphatic carbocycles. The van der Waals surface area contributed by atoms with Crippen molar-refractivity contribution in [3.8, 4) is 5.75 Å². The van der Waals surface area contributed by atoms with Crippen molar-refractivity contribution in [2.24, 2.45) is 22.4 Å². The second-order valence-corrected chi connectivity index (χ2v) is 9.95. The van der Waals surface area contributed by atoms with Crippen molar-refractivity contribution in [3.63, 3.8) is 0 Å². The van der Waals surface area contributed by atoms with Crippen LogP contribution in [0.1, 0.15) is 47.3 Å². The lowest BCUT2D eigenvalue weighted by atomic mass is 9.95. The first-order valence-electron chi connectivity index (χ1n) is 13.5. The monoisotopic (exact) mass is 557 g/mol. The molecule has 3 aromatic rings. The highest BCUT2D eigenvalue weighted by molar-refractivity contribution is 6.10. The number of fused-ring (bicyclic) bond motifs is 1. The molecule has 10 nitrogen and oxygen atoms in total. The van der Waals surface area contributed by atoms with Gasteiger partial charge in [0.1, 0.15) is 12.3 Å². The van der Waals surface area contributed by atoms with Crippen LogP contribution >= 0.6 is 0 Å². The lowest BCUT2D eigenvalue weighted by Gasteiger charge is -2.33. The summed E-state index contributed by atoms with van der Waals surface area (Å²) in [6.07, 6.45) is 1.42. The van der Waals surface area contributed by atoms with Crippen molar-refractivity contribution >= 4 is 29.4 Å². The maximum Gasteiger partial charge on any atom is 0.308 e. The van der Waals surface area contributed by atoms with Gasteiger partial charge in [0, 0.05) is 13.1 Å². The van der Waals surface area contributed by atoms with Crippen molar-refractivity contribution in [2.45, 2.75) is 25.8 Å². The molecule has 0 aromatic heterocycles. The molecule has 1 aliphatic heterocycles. The number of anilines is 1. The maximum absolute atomic E-state index is 14.0. The van der Waals surface area contributed by atoms with Crippen molar-refractivity contribution in [1.82, 2.24) is 4.90 Å². The van der Waals surface area contributed by atoms with E-state index >= 15 is 0 Å². The van der Waals surface area contributed by atoms with Gasteiger partial charge in [0.25, 0.3) is 5.91 Å². The number of nitrogens with two attached hydrogens (primary N) is 2. The molecule has 0 fully saturated rings. The van der Waals surface area contributed by atoms with Crippen molar-refractivity contribution in [1.29, 1.82) is 0 Å². The number of hydrogen-bond acceptors (Lipinski definition) is 5. The normalized spacial score (nSPS) is 13.9. The third kappa shape index (κ3) is 7.21. The molecule has 5 N–H and O–H groups in total. The number of aliphatic carboxylic acids is 1. The summed E-state index contributed by atoms with van der Waals surface area (Å²) < 4.78 is 5.94. The average Bonchev–Trinajstić information content (AvgIpc) is 3.06. The number of carbonyl (C=O) groups excluding carboxylic acids is 2. The molecule has 1 unspecified atom stereocenters. The van der Waals surface area contributed by atoms with Crippen molar-refractivity contribution in [3.05, 3.63) is 95.6 Å². The van der Waals surface area contributed by atoms with E-state index in [2.05, 4.69) is 4.99 Å². The molecule has 0 radical (unpaired) electrons. The number of benzene rings is 3. The Labute approximate surface area is 239 Å². The number of hydrogen-bond donors (Lipinski definition) is 3. The minimum atomic E-state index is -1.05.